The molecule has 1 aromatic heterocycles. The Hall–Kier alpha value is -3.48. The van der Waals surface area contributed by atoms with E-state index >= 15 is 0 Å². The molecular weight excluding hydrogens is 372 g/mol. The number of carbonyl (C=O) groups excluding carboxylic acids is 2. The van der Waals surface area contributed by atoms with E-state index in [0.717, 1.165) is 11.2 Å². The Bertz CT molecular complexity index is 1080. The molecule has 7 nitrogen and oxygen atoms in total. The standard InChI is InChI=1S/C22H24N2O5/c1-6-29-22(26)18-13(2)24(3)15-11-12-17(28-5)20(19(15)18)23-21(25)14-9-7-8-10-16(14)27-4/h7-12H,6H2,1-5H3,(H,23,25). The van der Waals surface area contributed by atoms with Crippen LogP contribution in [0.5, 0.6) is 11.5 Å². The van der Waals surface area contributed by atoms with Crippen molar-refractivity contribution in [1.82, 2.24) is 4.57 Å². The van der Waals surface area contributed by atoms with E-state index in [0.29, 0.717) is 33.7 Å². The van der Waals surface area contributed by atoms with Gasteiger partial charge in [-0.1, -0.05) is 12.1 Å². The smallest absolute Gasteiger partial charge is 0.340 e. The Labute approximate surface area is 169 Å². The quantitative estimate of drug-likeness (QED) is 0.639. The summed E-state index contributed by atoms with van der Waals surface area (Å²) in [7, 11) is 4.88. The molecule has 0 atom stereocenters. The number of nitrogens with zero attached hydrogens (tertiary/aromatic N) is 1. The van der Waals surface area contributed by atoms with E-state index in [9.17, 15) is 9.59 Å². The van der Waals surface area contributed by atoms with Gasteiger partial charge in [0, 0.05) is 18.1 Å². The molecule has 0 saturated carbocycles. The SMILES string of the molecule is CCOC(=O)c1c(C)n(C)c2ccc(OC)c(NC(=O)c3ccccc3OC)c12. The molecule has 0 aliphatic carbocycles. The highest BCUT2D eigenvalue weighted by Crippen LogP contribution is 2.39. The topological polar surface area (TPSA) is 78.8 Å². The number of hydrogen-bond donors (Lipinski definition) is 1. The number of aryl methyl sites for hydroxylation is 1. The van der Waals surface area contributed by atoms with Crippen LogP contribution in [-0.2, 0) is 11.8 Å². The highest BCUT2D eigenvalue weighted by Gasteiger charge is 2.25. The summed E-state index contributed by atoms with van der Waals surface area (Å²) in [5.74, 6) is 0.0732. The van der Waals surface area contributed by atoms with Crippen LogP contribution in [0.1, 0.15) is 33.3 Å². The summed E-state index contributed by atoms with van der Waals surface area (Å²) in [5, 5.41) is 3.48. The first-order valence-corrected chi connectivity index (χ1v) is 9.22. The number of rotatable bonds is 6. The monoisotopic (exact) mass is 396 g/mol. The van der Waals surface area contributed by atoms with Crippen LogP contribution in [0.2, 0.25) is 0 Å². The van der Waals surface area contributed by atoms with E-state index in [1.807, 2.05) is 24.6 Å². The van der Waals surface area contributed by atoms with Crippen LogP contribution >= 0.6 is 0 Å². The fourth-order valence-corrected chi connectivity index (χ4v) is 3.39. The van der Waals surface area contributed by atoms with Gasteiger partial charge in [0.1, 0.15) is 11.5 Å². The van der Waals surface area contributed by atoms with Crippen molar-refractivity contribution in [3.8, 4) is 11.5 Å². The molecule has 1 amide bonds. The molecule has 0 aliphatic heterocycles. The van der Waals surface area contributed by atoms with Gasteiger partial charge in [-0.2, -0.15) is 0 Å². The van der Waals surface area contributed by atoms with Gasteiger partial charge in [0.15, 0.2) is 0 Å². The van der Waals surface area contributed by atoms with Crippen molar-refractivity contribution in [3.05, 3.63) is 53.2 Å². The maximum Gasteiger partial charge on any atom is 0.340 e. The van der Waals surface area contributed by atoms with Gasteiger partial charge >= 0.3 is 5.97 Å². The zero-order valence-corrected chi connectivity index (χ0v) is 17.2. The molecule has 1 heterocycles. The van der Waals surface area contributed by atoms with Crippen LogP contribution in [0.4, 0.5) is 5.69 Å². The van der Waals surface area contributed by atoms with Crippen LogP contribution in [0.25, 0.3) is 10.9 Å². The lowest BCUT2D eigenvalue weighted by molar-refractivity contribution is 0.0527. The molecule has 0 fully saturated rings. The first-order valence-electron chi connectivity index (χ1n) is 9.22. The fraction of sp³-hybridized carbons (Fsp3) is 0.273. The first-order chi connectivity index (χ1) is 13.9. The zero-order valence-electron chi connectivity index (χ0n) is 17.2. The summed E-state index contributed by atoms with van der Waals surface area (Å²) in [4.78, 5) is 25.7. The summed E-state index contributed by atoms with van der Waals surface area (Å²) < 4.78 is 17.9. The van der Waals surface area contributed by atoms with Crippen molar-refractivity contribution in [2.75, 3.05) is 26.1 Å². The molecule has 3 aromatic rings. The number of carbonyl (C=O) groups is 2. The van der Waals surface area contributed by atoms with Crippen LogP contribution in [-0.4, -0.2) is 37.3 Å². The second-order valence-corrected chi connectivity index (χ2v) is 6.43. The van der Waals surface area contributed by atoms with Gasteiger partial charge in [-0.15, -0.1) is 0 Å². The average molecular weight is 396 g/mol. The molecule has 3 rings (SSSR count). The molecule has 2 aromatic carbocycles. The van der Waals surface area contributed by atoms with Gasteiger partial charge in [-0.25, -0.2) is 4.79 Å². The molecule has 152 valence electrons. The summed E-state index contributed by atoms with van der Waals surface area (Å²) in [6.45, 7) is 3.84. The van der Waals surface area contributed by atoms with E-state index in [1.165, 1.54) is 14.2 Å². The Balaban J connectivity index is 2.21. The minimum absolute atomic E-state index is 0.252. The third-order valence-electron chi connectivity index (χ3n) is 4.91. The number of hydrogen-bond acceptors (Lipinski definition) is 5. The van der Waals surface area contributed by atoms with Crippen LogP contribution in [0.15, 0.2) is 36.4 Å². The summed E-state index contributed by atoms with van der Waals surface area (Å²) in [6, 6.07) is 10.5. The highest BCUT2D eigenvalue weighted by molar-refractivity contribution is 6.17. The number of fused-ring (bicyclic) bond motifs is 1. The maximum atomic E-state index is 13.0. The fourth-order valence-electron chi connectivity index (χ4n) is 3.39. The van der Waals surface area contributed by atoms with Crippen molar-refractivity contribution in [3.63, 3.8) is 0 Å². The predicted octanol–water partition coefficient (Wildman–Crippen LogP) is 3.93. The van der Waals surface area contributed by atoms with Crippen molar-refractivity contribution in [2.45, 2.75) is 13.8 Å². The van der Waals surface area contributed by atoms with Gasteiger partial charge in [0.2, 0.25) is 0 Å². The number of para-hydroxylation sites is 1. The third kappa shape index (κ3) is 3.51. The van der Waals surface area contributed by atoms with Gasteiger partial charge in [-0.3, -0.25) is 4.79 Å². The first kappa shape index (κ1) is 20.3. The van der Waals surface area contributed by atoms with Gasteiger partial charge in [0.25, 0.3) is 5.91 Å². The molecular formula is C22H24N2O5. The number of aromatic nitrogens is 1. The number of ether oxygens (including phenoxy) is 3. The molecule has 0 spiro atoms. The molecule has 29 heavy (non-hydrogen) atoms. The molecule has 0 aliphatic rings. The van der Waals surface area contributed by atoms with E-state index in [1.54, 1.807) is 37.3 Å². The van der Waals surface area contributed by atoms with E-state index in [4.69, 9.17) is 14.2 Å². The predicted molar refractivity (Wildman–Crippen MR) is 111 cm³/mol. The normalized spacial score (nSPS) is 10.7. The van der Waals surface area contributed by atoms with Crippen LogP contribution in [0, 0.1) is 6.92 Å². The van der Waals surface area contributed by atoms with E-state index in [-0.39, 0.29) is 12.5 Å². The molecule has 1 N–H and O–H groups in total. The van der Waals surface area contributed by atoms with Crippen molar-refractivity contribution in [1.29, 1.82) is 0 Å². The van der Waals surface area contributed by atoms with E-state index in [2.05, 4.69) is 5.32 Å². The maximum absolute atomic E-state index is 13.0. The lowest BCUT2D eigenvalue weighted by Gasteiger charge is -2.14. The number of benzene rings is 2. The highest BCUT2D eigenvalue weighted by atomic mass is 16.5. The Morgan fingerprint density at radius 2 is 1.72 bits per heavy atom. The number of nitrogens with one attached hydrogen (secondary N) is 1. The second kappa shape index (κ2) is 8.26. The molecule has 0 unspecified atom stereocenters. The minimum atomic E-state index is -0.448. The largest absolute Gasteiger partial charge is 0.496 e. The van der Waals surface area contributed by atoms with Gasteiger partial charge in [0.05, 0.1) is 43.2 Å². The third-order valence-corrected chi connectivity index (χ3v) is 4.91. The second-order valence-electron chi connectivity index (χ2n) is 6.43. The lowest BCUT2D eigenvalue weighted by Crippen LogP contribution is -2.15. The molecule has 7 heteroatoms. The molecule has 0 bridgehead atoms. The lowest BCUT2D eigenvalue weighted by atomic mass is 10.1. The van der Waals surface area contributed by atoms with Gasteiger partial charge < -0.3 is 24.1 Å². The average Bonchev–Trinajstić information content (AvgIpc) is 2.99. The number of anilines is 1. The molecule has 0 saturated heterocycles. The number of amides is 1. The van der Waals surface area contributed by atoms with Crippen molar-refractivity contribution >= 4 is 28.5 Å². The Morgan fingerprint density at radius 1 is 1.03 bits per heavy atom. The number of methoxy groups -OCH3 is 2. The Morgan fingerprint density at radius 3 is 2.38 bits per heavy atom. The Kier molecular flexibility index (Phi) is 5.77. The van der Waals surface area contributed by atoms with Crippen LogP contribution in [0.3, 0.4) is 0 Å². The zero-order chi connectivity index (χ0) is 21.1. The summed E-state index contributed by atoms with van der Waals surface area (Å²) in [5.41, 5.74) is 2.70. The minimum Gasteiger partial charge on any atom is -0.496 e. The number of esters is 1. The summed E-state index contributed by atoms with van der Waals surface area (Å²) >= 11 is 0. The van der Waals surface area contributed by atoms with Crippen LogP contribution < -0.4 is 14.8 Å². The summed E-state index contributed by atoms with van der Waals surface area (Å²) in [6.07, 6.45) is 0. The van der Waals surface area contributed by atoms with E-state index < -0.39 is 5.97 Å². The molecule has 0 radical (unpaired) electrons. The van der Waals surface area contributed by atoms with Crippen molar-refractivity contribution in [2.24, 2.45) is 7.05 Å². The van der Waals surface area contributed by atoms with Gasteiger partial charge in [-0.05, 0) is 38.1 Å². The van der Waals surface area contributed by atoms with Crippen molar-refractivity contribution < 1.29 is 23.8 Å².